The molecular formula is C24H34N2O6. The van der Waals surface area contributed by atoms with Gasteiger partial charge in [0.25, 0.3) is 0 Å². The van der Waals surface area contributed by atoms with Gasteiger partial charge in [-0.05, 0) is 47.1 Å². The highest BCUT2D eigenvalue weighted by molar-refractivity contribution is 5.82. The largest absolute Gasteiger partial charge is 0.458 e. The van der Waals surface area contributed by atoms with Crippen LogP contribution in [0.2, 0.25) is 0 Å². The summed E-state index contributed by atoms with van der Waals surface area (Å²) in [5, 5.41) is 0. The normalized spacial score (nSPS) is 17.2. The van der Waals surface area contributed by atoms with Gasteiger partial charge < -0.3 is 19.1 Å². The van der Waals surface area contributed by atoms with E-state index in [0.29, 0.717) is 6.54 Å². The van der Waals surface area contributed by atoms with Crippen LogP contribution in [0.5, 0.6) is 0 Å². The summed E-state index contributed by atoms with van der Waals surface area (Å²) in [5.74, 6) is -0.535. The zero-order chi connectivity index (χ0) is 23.9. The molecule has 0 radical (unpaired) electrons. The molecule has 2 amide bonds. The Hall–Kier alpha value is -3.03. The average molecular weight is 447 g/mol. The van der Waals surface area contributed by atoms with E-state index < -0.39 is 35.4 Å². The Bertz CT molecular complexity index is 823. The van der Waals surface area contributed by atoms with E-state index in [1.165, 1.54) is 15.9 Å². The minimum atomic E-state index is -0.664. The van der Waals surface area contributed by atoms with Crippen LogP contribution < -0.4 is 0 Å². The maximum absolute atomic E-state index is 12.7. The molecule has 0 spiro atoms. The Morgan fingerprint density at radius 3 is 2.12 bits per heavy atom. The van der Waals surface area contributed by atoms with Gasteiger partial charge in [-0.3, -0.25) is 4.90 Å². The van der Waals surface area contributed by atoms with Gasteiger partial charge in [-0.2, -0.15) is 0 Å². The molecule has 0 aliphatic carbocycles. The van der Waals surface area contributed by atoms with Crippen LogP contribution in [-0.4, -0.2) is 64.8 Å². The maximum atomic E-state index is 12.7. The molecular weight excluding hydrogens is 412 g/mol. The Morgan fingerprint density at radius 1 is 0.938 bits per heavy atom. The molecule has 0 bridgehead atoms. The fraction of sp³-hybridized carbons (Fsp3) is 0.542. The van der Waals surface area contributed by atoms with E-state index in [-0.39, 0.29) is 19.7 Å². The molecule has 1 aliphatic rings. The number of hydrogen-bond donors (Lipinski definition) is 0. The first kappa shape index (κ1) is 25.2. The number of hydrogen-bond acceptors (Lipinski definition) is 6. The highest BCUT2D eigenvalue weighted by atomic mass is 16.6. The van der Waals surface area contributed by atoms with Gasteiger partial charge in [-0.1, -0.05) is 36.4 Å². The molecule has 0 saturated carbocycles. The molecule has 0 unspecified atom stereocenters. The van der Waals surface area contributed by atoms with Crippen molar-refractivity contribution in [2.45, 2.75) is 65.4 Å². The first-order valence-electron chi connectivity index (χ1n) is 10.7. The molecule has 0 N–H and O–H groups in total. The summed E-state index contributed by atoms with van der Waals surface area (Å²) < 4.78 is 16.2. The van der Waals surface area contributed by atoms with Crippen LogP contribution in [0.25, 0.3) is 0 Å². The molecule has 0 aromatic heterocycles. The fourth-order valence-corrected chi connectivity index (χ4v) is 2.98. The van der Waals surface area contributed by atoms with Gasteiger partial charge >= 0.3 is 18.2 Å². The van der Waals surface area contributed by atoms with Gasteiger partial charge in [0, 0.05) is 25.7 Å². The van der Waals surface area contributed by atoms with E-state index in [9.17, 15) is 14.4 Å². The lowest BCUT2D eigenvalue weighted by molar-refractivity contribution is -0.139. The summed E-state index contributed by atoms with van der Waals surface area (Å²) in [6.07, 6.45) is 1.87. The molecule has 176 valence electrons. The lowest BCUT2D eigenvalue weighted by Crippen LogP contribution is -2.57. The monoisotopic (exact) mass is 446 g/mol. The zero-order valence-corrected chi connectivity index (χ0v) is 19.8. The first-order chi connectivity index (χ1) is 14.8. The van der Waals surface area contributed by atoms with E-state index in [2.05, 4.69) is 0 Å². The van der Waals surface area contributed by atoms with Crippen LogP contribution in [0.1, 0.15) is 47.1 Å². The predicted octanol–water partition coefficient (Wildman–Crippen LogP) is 4.14. The Kier molecular flexibility index (Phi) is 8.30. The standard InChI is InChI=1S/C24H34N2O6/c1-23(2,3)31-21(28)25-14-15-26(22(29)32-24(4,5)6)19(16-25)12-13-20(27)30-17-18-10-8-7-9-11-18/h7-13,19H,14-17H2,1-6H3/t19-/m0/s1. The summed E-state index contributed by atoms with van der Waals surface area (Å²) in [6.45, 7) is 11.6. The molecule has 1 fully saturated rings. The number of rotatable bonds is 4. The third-order valence-electron chi connectivity index (χ3n) is 4.38. The smallest absolute Gasteiger partial charge is 0.410 e. The topological polar surface area (TPSA) is 85.4 Å². The third-order valence-corrected chi connectivity index (χ3v) is 4.38. The molecule has 1 heterocycles. The van der Waals surface area contributed by atoms with Crippen molar-refractivity contribution in [1.29, 1.82) is 0 Å². The number of carbonyl (C=O) groups is 3. The SMILES string of the molecule is CC(C)(C)OC(=O)N1CCN(C(=O)OC(C)(C)C)[C@@H](C=CC(=O)OCc2ccccc2)C1. The molecule has 1 saturated heterocycles. The van der Waals surface area contributed by atoms with Crippen molar-refractivity contribution in [3.05, 3.63) is 48.0 Å². The van der Waals surface area contributed by atoms with E-state index in [0.717, 1.165) is 5.56 Å². The average Bonchev–Trinajstić information content (AvgIpc) is 2.68. The number of amides is 2. The second-order valence-corrected chi connectivity index (χ2v) is 9.62. The minimum absolute atomic E-state index is 0.147. The second-order valence-electron chi connectivity index (χ2n) is 9.62. The summed E-state index contributed by atoms with van der Waals surface area (Å²) in [6, 6.07) is 8.78. The fourth-order valence-electron chi connectivity index (χ4n) is 2.98. The maximum Gasteiger partial charge on any atom is 0.410 e. The van der Waals surface area contributed by atoms with E-state index in [1.807, 2.05) is 30.3 Å². The molecule has 1 aliphatic heterocycles. The van der Waals surface area contributed by atoms with Crippen molar-refractivity contribution in [3.8, 4) is 0 Å². The van der Waals surface area contributed by atoms with Crippen LogP contribution >= 0.6 is 0 Å². The van der Waals surface area contributed by atoms with Gasteiger partial charge in [0.1, 0.15) is 17.8 Å². The van der Waals surface area contributed by atoms with Crippen LogP contribution in [0.15, 0.2) is 42.5 Å². The van der Waals surface area contributed by atoms with Crippen molar-refractivity contribution in [2.24, 2.45) is 0 Å². The minimum Gasteiger partial charge on any atom is -0.458 e. The second kappa shape index (κ2) is 10.5. The van der Waals surface area contributed by atoms with Gasteiger partial charge in [0.15, 0.2) is 0 Å². The predicted molar refractivity (Wildman–Crippen MR) is 120 cm³/mol. The molecule has 1 atom stereocenters. The summed E-state index contributed by atoms with van der Waals surface area (Å²) in [4.78, 5) is 40.5. The molecule has 32 heavy (non-hydrogen) atoms. The number of benzene rings is 1. The Morgan fingerprint density at radius 2 is 1.53 bits per heavy atom. The van der Waals surface area contributed by atoms with Crippen LogP contribution in [0.4, 0.5) is 9.59 Å². The highest BCUT2D eigenvalue weighted by Crippen LogP contribution is 2.19. The summed E-state index contributed by atoms with van der Waals surface area (Å²) in [7, 11) is 0. The molecule has 8 heteroatoms. The van der Waals surface area contributed by atoms with Gasteiger partial charge in [-0.15, -0.1) is 0 Å². The van der Waals surface area contributed by atoms with Gasteiger partial charge in [0.2, 0.25) is 0 Å². The Labute approximate surface area is 190 Å². The lowest BCUT2D eigenvalue weighted by Gasteiger charge is -2.40. The third kappa shape index (κ3) is 8.61. The summed E-state index contributed by atoms with van der Waals surface area (Å²) >= 11 is 0. The number of carbonyl (C=O) groups excluding carboxylic acids is 3. The number of esters is 1. The molecule has 1 aromatic rings. The highest BCUT2D eigenvalue weighted by Gasteiger charge is 2.35. The molecule has 2 rings (SSSR count). The number of ether oxygens (including phenoxy) is 3. The van der Waals surface area contributed by atoms with Crippen LogP contribution in [0.3, 0.4) is 0 Å². The van der Waals surface area contributed by atoms with Gasteiger partial charge in [0.05, 0.1) is 6.04 Å². The van der Waals surface area contributed by atoms with Gasteiger partial charge in [-0.25, -0.2) is 14.4 Å². The first-order valence-corrected chi connectivity index (χ1v) is 10.7. The lowest BCUT2D eigenvalue weighted by atomic mass is 10.1. The zero-order valence-electron chi connectivity index (χ0n) is 19.8. The van der Waals surface area contributed by atoms with E-state index in [1.54, 1.807) is 47.6 Å². The van der Waals surface area contributed by atoms with Crippen molar-refractivity contribution in [1.82, 2.24) is 9.80 Å². The van der Waals surface area contributed by atoms with Crippen molar-refractivity contribution >= 4 is 18.2 Å². The molecule has 1 aromatic carbocycles. The van der Waals surface area contributed by atoms with Crippen LogP contribution in [0, 0.1) is 0 Å². The van der Waals surface area contributed by atoms with Crippen molar-refractivity contribution in [2.75, 3.05) is 19.6 Å². The van der Waals surface area contributed by atoms with E-state index >= 15 is 0 Å². The number of piperazine rings is 1. The van der Waals surface area contributed by atoms with Crippen LogP contribution in [-0.2, 0) is 25.6 Å². The summed E-state index contributed by atoms with van der Waals surface area (Å²) in [5.41, 5.74) is -0.424. The molecule has 8 nitrogen and oxygen atoms in total. The number of nitrogens with zero attached hydrogens (tertiary/aromatic N) is 2. The van der Waals surface area contributed by atoms with Crippen molar-refractivity contribution in [3.63, 3.8) is 0 Å². The van der Waals surface area contributed by atoms with E-state index in [4.69, 9.17) is 14.2 Å². The van der Waals surface area contributed by atoms with Crippen molar-refractivity contribution < 1.29 is 28.6 Å². The Balaban J connectivity index is 2.08. The quantitative estimate of drug-likeness (QED) is 0.393.